The van der Waals surface area contributed by atoms with Crippen molar-refractivity contribution in [2.75, 3.05) is 64.0 Å². The number of benzene rings is 2. The topological polar surface area (TPSA) is 193 Å². The zero-order valence-electron chi connectivity index (χ0n) is 41.7. The molecule has 12 rings (SSSR count). The minimum atomic E-state index is -0.279. The molecule has 6 heterocycles. The molecule has 0 unspecified atom stereocenters. The molecular formula is C55H74ClN11O4. The number of likely N-dealkylation sites (tertiary alicyclic amines) is 2. The first-order valence-corrected chi connectivity index (χ1v) is 27.1. The van der Waals surface area contributed by atoms with Gasteiger partial charge in [-0.15, -0.1) is 0 Å². The highest BCUT2D eigenvalue weighted by Gasteiger charge is 2.29. The quantitative estimate of drug-likeness (QED) is 0.0829. The van der Waals surface area contributed by atoms with Gasteiger partial charge in [-0.3, -0.25) is 18.7 Å². The van der Waals surface area contributed by atoms with Crippen LogP contribution in [0.25, 0.3) is 43.6 Å². The van der Waals surface area contributed by atoms with Gasteiger partial charge in [0.2, 0.25) is 11.9 Å². The van der Waals surface area contributed by atoms with E-state index in [1.807, 2.05) is 21.4 Å². The summed E-state index contributed by atoms with van der Waals surface area (Å²) in [6.07, 6.45) is 20.0. The Labute approximate surface area is 421 Å². The Kier molecular flexibility index (Phi) is 15.5. The van der Waals surface area contributed by atoms with E-state index in [1.165, 1.54) is 70.0 Å². The summed E-state index contributed by atoms with van der Waals surface area (Å²) in [5, 5.41) is 32.1. The molecule has 4 aliphatic carbocycles. The molecule has 4 aromatic heterocycles. The van der Waals surface area contributed by atoms with Crippen LogP contribution in [-0.2, 0) is 6.42 Å². The van der Waals surface area contributed by atoms with Crippen LogP contribution in [0.1, 0.15) is 120 Å². The van der Waals surface area contributed by atoms with E-state index in [4.69, 9.17) is 27.3 Å². The molecule has 0 atom stereocenters. The van der Waals surface area contributed by atoms with Crippen LogP contribution in [-0.4, -0.2) is 121 Å². The van der Waals surface area contributed by atoms with E-state index in [1.54, 1.807) is 18.3 Å². The van der Waals surface area contributed by atoms with Crippen molar-refractivity contribution in [1.29, 1.82) is 0 Å². The Bertz CT molecular complexity index is 2920. The Morgan fingerprint density at radius 3 is 1.48 bits per heavy atom. The summed E-state index contributed by atoms with van der Waals surface area (Å²) in [5.41, 5.74) is 8.28. The predicted molar refractivity (Wildman–Crippen MR) is 286 cm³/mol. The van der Waals surface area contributed by atoms with E-state index in [2.05, 4.69) is 62.7 Å². The average Bonchev–Trinajstić information content (AvgIpc) is 4.33. The molecule has 4 saturated carbocycles. The number of halogens is 1. The molecule has 6 aromatic rings. The number of aliphatic hydroxyl groups excluding tert-OH is 2. The van der Waals surface area contributed by atoms with Crippen molar-refractivity contribution in [2.24, 2.45) is 23.5 Å². The monoisotopic (exact) mass is 988 g/mol. The zero-order valence-corrected chi connectivity index (χ0v) is 42.5. The van der Waals surface area contributed by atoms with Crippen molar-refractivity contribution in [3.8, 4) is 0 Å². The van der Waals surface area contributed by atoms with Gasteiger partial charge in [-0.1, -0.05) is 29.8 Å². The fourth-order valence-electron chi connectivity index (χ4n) is 11.2. The average molecular weight is 989 g/mol. The lowest BCUT2D eigenvalue weighted by Crippen LogP contribution is -2.37. The second-order valence-corrected chi connectivity index (χ2v) is 22.4. The fraction of sp³-hybridized carbons (Fsp3) is 0.600. The molecule has 0 radical (unpaired) electrons. The van der Waals surface area contributed by atoms with Gasteiger partial charge < -0.3 is 36.4 Å². The summed E-state index contributed by atoms with van der Waals surface area (Å²) >= 11 is 6.18. The van der Waals surface area contributed by atoms with E-state index < -0.39 is 0 Å². The third-order valence-corrected chi connectivity index (χ3v) is 16.5. The van der Waals surface area contributed by atoms with Crippen LogP contribution in [0.4, 0.5) is 11.9 Å². The van der Waals surface area contributed by atoms with E-state index in [0.29, 0.717) is 58.7 Å². The van der Waals surface area contributed by atoms with Crippen LogP contribution in [0.5, 0.6) is 0 Å². The van der Waals surface area contributed by atoms with Crippen molar-refractivity contribution in [2.45, 2.75) is 139 Å². The first-order chi connectivity index (χ1) is 34.4. The standard InChI is InChI=1S/C28H37N5O2.C21H23ClN4O2.C6H14N2/c1-32-12-10-18(11-13-32)14-20-4-9-23-24(15-20)27(35)33(21-5-7-22(34)8-6-21)26-25(23)17-30-28(31-26)29-16-19-2-3-19;22-13-3-8-16-17(9-13)20(28)26(14-4-6-15(27)7-5-14)19-18(16)11-24-21(25-19)23-10-12-1-2-12;1-8-4-2-6(7)3-5-8/h4,9,15,17-19,21-22,34H,2-3,5-8,10-14,16H2,1H3,(H,29,30,31);3,8-9,11-12,14-15,27H,1-2,4-7,10H2,(H,23,24,25);6H,2-5,7H2,1H3. The minimum absolute atomic E-state index is 0.0213. The van der Waals surface area contributed by atoms with Crippen LogP contribution >= 0.6 is 11.6 Å². The van der Waals surface area contributed by atoms with E-state index >= 15 is 0 Å². The SMILES string of the molecule is CN1CCC(Cc2ccc3c(c2)c(=O)n(C2CCC(O)CC2)c2nc(NCC4CC4)ncc32)CC1.CN1CCC(N)CC1.O=c1c2cc(Cl)ccc2c2cnc(NCC3CC3)nc2n1C1CCC(O)CC1. The summed E-state index contributed by atoms with van der Waals surface area (Å²) in [4.78, 5) is 50.9. The largest absolute Gasteiger partial charge is 0.393 e. The van der Waals surface area contributed by atoms with E-state index in [9.17, 15) is 19.8 Å². The van der Waals surface area contributed by atoms with Gasteiger partial charge in [0.05, 0.1) is 12.2 Å². The Morgan fingerprint density at radius 1 is 0.563 bits per heavy atom. The van der Waals surface area contributed by atoms with Gasteiger partial charge in [0.25, 0.3) is 11.1 Å². The molecule has 0 bridgehead atoms. The van der Waals surface area contributed by atoms with Crippen LogP contribution in [0.3, 0.4) is 0 Å². The maximum atomic E-state index is 14.0. The summed E-state index contributed by atoms with van der Waals surface area (Å²) in [5.74, 6) is 3.27. The van der Waals surface area contributed by atoms with Gasteiger partial charge in [-0.25, -0.2) is 9.97 Å². The highest BCUT2D eigenvalue weighted by Crippen LogP contribution is 2.36. The molecule has 71 heavy (non-hydrogen) atoms. The molecule has 2 aromatic carbocycles. The Balaban J connectivity index is 0.000000144. The maximum Gasteiger partial charge on any atom is 0.260 e. The number of nitrogens with two attached hydrogens (primary N) is 1. The first-order valence-electron chi connectivity index (χ1n) is 26.7. The number of aliphatic hydroxyl groups is 2. The Hall–Kier alpha value is -4.77. The van der Waals surface area contributed by atoms with Crippen LogP contribution in [0, 0.1) is 17.8 Å². The number of anilines is 2. The number of hydrogen-bond donors (Lipinski definition) is 5. The molecule has 2 aliphatic heterocycles. The molecule has 6 aliphatic rings. The molecular weight excluding hydrogens is 914 g/mol. The Morgan fingerprint density at radius 2 is 1.01 bits per heavy atom. The first kappa shape index (κ1) is 49.8. The minimum Gasteiger partial charge on any atom is -0.393 e. The number of aromatic nitrogens is 6. The normalized spacial score (nSPS) is 23.9. The number of hydrogen-bond acceptors (Lipinski definition) is 13. The summed E-state index contributed by atoms with van der Waals surface area (Å²) < 4.78 is 3.73. The molecule has 16 heteroatoms. The van der Waals surface area contributed by atoms with Gasteiger partial charge in [0, 0.05) is 70.2 Å². The summed E-state index contributed by atoms with van der Waals surface area (Å²) in [6, 6.07) is 12.4. The summed E-state index contributed by atoms with van der Waals surface area (Å²) in [6.45, 7) is 6.42. The number of nitrogens with zero attached hydrogens (tertiary/aromatic N) is 8. The lowest BCUT2D eigenvalue weighted by atomic mass is 9.89. The number of piperidine rings is 2. The highest BCUT2D eigenvalue weighted by atomic mass is 35.5. The summed E-state index contributed by atoms with van der Waals surface area (Å²) in [7, 11) is 4.34. The number of rotatable bonds is 10. The molecule has 6 N–H and O–H groups in total. The van der Waals surface area contributed by atoms with Gasteiger partial charge in [-0.05, 0) is 202 Å². The number of pyridine rings is 2. The van der Waals surface area contributed by atoms with Gasteiger partial charge >= 0.3 is 0 Å². The molecule has 6 fully saturated rings. The molecule has 0 spiro atoms. The fourth-order valence-corrected chi connectivity index (χ4v) is 11.4. The van der Waals surface area contributed by atoms with Gasteiger partial charge in [-0.2, -0.15) is 9.97 Å². The van der Waals surface area contributed by atoms with Crippen molar-refractivity contribution in [1.82, 2.24) is 38.9 Å². The molecule has 0 amide bonds. The van der Waals surface area contributed by atoms with Crippen LogP contribution in [0.15, 0.2) is 58.4 Å². The third kappa shape index (κ3) is 12.0. The van der Waals surface area contributed by atoms with E-state index in [0.717, 1.165) is 110 Å². The second-order valence-electron chi connectivity index (χ2n) is 21.9. The highest BCUT2D eigenvalue weighted by molar-refractivity contribution is 6.31. The number of fused-ring (bicyclic) bond motifs is 6. The van der Waals surface area contributed by atoms with Crippen molar-refractivity contribution in [3.05, 3.63) is 80.1 Å². The second kappa shape index (κ2) is 22.1. The van der Waals surface area contributed by atoms with E-state index in [-0.39, 0.29) is 35.4 Å². The molecule has 2 saturated heterocycles. The zero-order chi connectivity index (χ0) is 49.2. The third-order valence-electron chi connectivity index (χ3n) is 16.2. The van der Waals surface area contributed by atoms with Crippen molar-refractivity contribution < 1.29 is 10.2 Å². The lowest BCUT2D eigenvalue weighted by molar-refractivity contribution is 0.110. The van der Waals surface area contributed by atoms with Crippen LogP contribution in [0.2, 0.25) is 5.02 Å². The lowest BCUT2D eigenvalue weighted by Gasteiger charge is -2.29. The smallest absolute Gasteiger partial charge is 0.260 e. The van der Waals surface area contributed by atoms with Gasteiger partial charge in [0.15, 0.2) is 0 Å². The number of nitrogens with one attached hydrogen (secondary N) is 2. The predicted octanol–water partition coefficient (Wildman–Crippen LogP) is 8.06. The van der Waals surface area contributed by atoms with Crippen LogP contribution < -0.4 is 27.5 Å². The molecule has 15 nitrogen and oxygen atoms in total. The molecule has 380 valence electrons. The van der Waals surface area contributed by atoms with Crippen molar-refractivity contribution >= 4 is 67.1 Å². The van der Waals surface area contributed by atoms with Gasteiger partial charge in [0.1, 0.15) is 11.3 Å². The maximum absolute atomic E-state index is 14.0. The van der Waals surface area contributed by atoms with Crippen molar-refractivity contribution in [3.63, 3.8) is 0 Å².